The Balaban J connectivity index is 2.19. The number of nitrogen functional groups attached to an aromatic ring is 1. The third kappa shape index (κ3) is 2.78. The summed E-state index contributed by atoms with van der Waals surface area (Å²) in [4.78, 5) is 2.21. The van der Waals surface area contributed by atoms with Crippen molar-refractivity contribution in [2.24, 2.45) is 0 Å². The molecule has 0 radical (unpaired) electrons. The summed E-state index contributed by atoms with van der Waals surface area (Å²) >= 11 is 1.96. The van der Waals surface area contributed by atoms with Gasteiger partial charge in [0.25, 0.3) is 0 Å². The highest BCUT2D eigenvalue weighted by Gasteiger charge is 2.11. The molecule has 15 heavy (non-hydrogen) atoms. The Morgan fingerprint density at radius 1 is 1.20 bits per heavy atom. The van der Waals surface area contributed by atoms with Gasteiger partial charge in [0, 0.05) is 30.2 Å². The largest absolute Gasteiger partial charge is 0.399 e. The van der Waals surface area contributed by atoms with Gasteiger partial charge in [-0.2, -0.15) is 11.8 Å². The van der Waals surface area contributed by atoms with Gasteiger partial charge in [0.05, 0.1) is 0 Å². The van der Waals surface area contributed by atoms with Gasteiger partial charge in [0.1, 0.15) is 5.82 Å². The van der Waals surface area contributed by atoms with Crippen LogP contribution in [0.25, 0.3) is 0 Å². The van der Waals surface area contributed by atoms with E-state index in [2.05, 4.69) is 4.90 Å². The highest BCUT2D eigenvalue weighted by molar-refractivity contribution is 7.99. The zero-order chi connectivity index (χ0) is 10.7. The SMILES string of the molecule is Nc1cc(F)cc(N2CCCSCC2)c1. The fourth-order valence-corrected chi connectivity index (χ4v) is 2.67. The van der Waals surface area contributed by atoms with E-state index in [-0.39, 0.29) is 5.82 Å². The Morgan fingerprint density at radius 2 is 2.07 bits per heavy atom. The molecule has 0 unspecified atom stereocenters. The molecule has 0 atom stereocenters. The molecule has 1 aliphatic heterocycles. The molecule has 1 heterocycles. The van der Waals surface area contributed by atoms with Crippen LogP contribution in [0.2, 0.25) is 0 Å². The predicted octanol–water partition coefficient (Wildman–Crippen LogP) is 2.35. The van der Waals surface area contributed by atoms with Gasteiger partial charge >= 0.3 is 0 Å². The van der Waals surface area contributed by atoms with E-state index in [0.29, 0.717) is 5.69 Å². The van der Waals surface area contributed by atoms with Crippen molar-refractivity contribution in [2.45, 2.75) is 6.42 Å². The smallest absolute Gasteiger partial charge is 0.127 e. The number of thioether (sulfide) groups is 1. The molecule has 2 N–H and O–H groups in total. The van der Waals surface area contributed by atoms with Gasteiger partial charge in [-0.05, 0) is 30.4 Å². The van der Waals surface area contributed by atoms with Crippen molar-refractivity contribution in [3.8, 4) is 0 Å². The maximum atomic E-state index is 13.2. The van der Waals surface area contributed by atoms with Crippen LogP contribution in [-0.4, -0.2) is 24.6 Å². The van der Waals surface area contributed by atoms with E-state index in [1.165, 1.54) is 11.8 Å². The summed E-state index contributed by atoms with van der Waals surface area (Å²) in [5, 5.41) is 0. The van der Waals surface area contributed by atoms with Gasteiger partial charge < -0.3 is 10.6 Å². The minimum absolute atomic E-state index is 0.248. The number of nitrogens with two attached hydrogens (primary N) is 1. The average molecular weight is 226 g/mol. The summed E-state index contributed by atoms with van der Waals surface area (Å²) in [6, 6.07) is 4.77. The van der Waals surface area contributed by atoms with Crippen LogP contribution in [0.15, 0.2) is 18.2 Å². The lowest BCUT2D eigenvalue weighted by Gasteiger charge is -2.22. The molecule has 1 aromatic carbocycles. The second kappa shape index (κ2) is 4.75. The third-order valence-corrected chi connectivity index (χ3v) is 3.54. The van der Waals surface area contributed by atoms with E-state index in [0.717, 1.165) is 31.0 Å². The van der Waals surface area contributed by atoms with Gasteiger partial charge in [0.2, 0.25) is 0 Å². The predicted molar refractivity (Wildman–Crippen MR) is 65.0 cm³/mol. The topological polar surface area (TPSA) is 29.3 Å². The number of halogens is 1. The maximum absolute atomic E-state index is 13.2. The highest BCUT2D eigenvalue weighted by atomic mass is 32.2. The van der Waals surface area contributed by atoms with Gasteiger partial charge in [-0.1, -0.05) is 0 Å². The molecule has 4 heteroatoms. The summed E-state index contributed by atoms with van der Waals surface area (Å²) in [5.41, 5.74) is 7.05. The highest BCUT2D eigenvalue weighted by Crippen LogP contribution is 2.22. The van der Waals surface area contributed by atoms with Gasteiger partial charge in [-0.25, -0.2) is 4.39 Å². The van der Waals surface area contributed by atoms with Crippen molar-refractivity contribution in [1.29, 1.82) is 0 Å². The summed E-state index contributed by atoms with van der Waals surface area (Å²) in [6.07, 6.45) is 1.15. The normalized spacial score (nSPS) is 17.5. The summed E-state index contributed by atoms with van der Waals surface area (Å²) in [5.74, 6) is 2.06. The molecule has 0 amide bonds. The Hall–Kier alpha value is -0.900. The number of nitrogens with zero attached hydrogens (tertiary/aromatic N) is 1. The summed E-state index contributed by atoms with van der Waals surface area (Å²) in [7, 11) is 0. The first-order valence-corrected chi connectivity index (χ1v) is 6.30. The molecule has 1 aliphatic rings. The van der Waals surface area contributed by atoms with E-state index < -0.39 is 0 Å². The van der Waals surface area contributed by atoms with Gasteiger partial charge in [0.15, 0.2) is 0 Å². The minimum atomic E-state index is -0.248. The van der Waals surface area contributed by atoms with Crippen LogP contribution in [0.3, 0.4) is 0 Å². The number of rotatable bonds is 1. The molecular formula is C11H15FN2S. The van der Waals surface area contributed by atoms with Gasteiger partial charge in [-0.15, -0.1) is 0 Å². The standard InChI is InChI=1S/C11H15FN2S/c12-9-6-10(13)8-11(7-9)14-2-1-4-15-5-3-14/h6-8H,1-5,13H2. The van der Waals surface area contributed by atoms with Crippen LogP contribution in [0.1, 0.15) is 6.42 Å². The Bertz CT molecular complexity index is 315. The van der Waals surface area contributed by atoms with Crippen molar-refractivity contribution in [3.63, 3.8) is 0 Å². The summed E-state index contributed by atoms with van der Waals surface area (Å²) < 4.78 is 13.2. The molecule has 2 rings (SSSR count). The first kappa shape index (κ1) is 10.6. The lowest BCUT2D eigenvalue weighted by Crippen LogP contribution is -2.25. The first-order chi connectivity index (χ1) is 7.25. The van der Waals surface area contributed by atoms with Crippen LogP contribution in [0.4, 0.5) is 15.8 Å². The average Bonchev–Trinajstić information content (AvgIpc) is 2.43. The molecule has 0 spiro atoms. The van der Waals surface area contributed by atoms with Crippen molar-refractivity contribution >= 4 is 23.1 Å². The van der Waals surface area contributed by atoms with Crippen LogP contribution in [-0.2, 0) is 0 Å². The van der Waals surface area contributed by atoms with Crippen molar-refractivity contribution in [2.75, 3.05) is 35.2 Å². The number of benzene rings is 1. The molecule has 0 bridgehead atoms. The van der Waals surface area contributed by atoms with Crippen LogP contribution in [0, 0.1) is 5.82 Å². The number of anilines is 2. The van der Waals surface area contributed by atoms with E-state index in [4.69, 9.17) is 5.73 Å². The zero-order valence-electron chi connectivity index (χ0n) is 8.58. The zero-order valence-corrected chi connectivity index (χ0v) is 9.39. The monoisotopic (exact) mass is 226 g/mol. The molecule has 0 aliphatic carbocycles. The first-order valence-electron chi connectivity index (χ1n) is 5.14. The Labute approximate surface area is 93.6 Å². The quantitative estimate of drug-likeness (QED) is 0.745. The minimum Gasteiger partial charge on any atom is -0.399 e. The molecule has 1 saturated heterocycles. The van der Waals surface area contributed by atoms with Crippen LogP contribution >= 0.6 is 11.8 Å². The summed E-state index contributed by atoms with van der Waals surface area (Å²) in [6.45, 7) is 1.98. The van der Waals surface area contributed by atoms with E-state index in [1.807, 2.05) is 17.8 Å². The van der Waals surface area contributed by atoms with Crippen LogP contribution < -0.4 is 10.6 Å². The van der Waals surface area contributed by atoms with Crippen LogP contribution in [0.5, 0.6) is 0 Å². The fraction of sp³-hybridized carbons (Fsp3) is 0.455. The van der Waals surface area contributed by atoms with Crippen molar-refractivity contribution < 1.29 is 4.39 Å². The molecule has 82 valence electrons. The van der Waals surface area contributed by atoms with E-state index >= 15 is 0 Å². The van der Waals surface area contributed by atoms with E-state index in [1.54, 1.807) is 6.07 Å². The van der Waals surface area contributed by atoms with Crippen molar-refractivity contribution in [1.82, 2.24) is 0 Å². The molecule has 2 nitrogen and oxygen atoms in total. The molecular weight excluding hydrogens is 211 g/mol. The number of hydrogen-bond donors (Lipinski definition) is 1. The third-order valence-electron chi connectivity index (χ3n) is 2.49. The van der Waals surface area contributed by atoms with Gasteiger partial charge in [-0.3, -0.25) is 0 Å². The molecule has 1 aromatic rings. The molecule has 0 saturated carbocycles. The number of hydrogen-bond acceptors (Lipinski definition) is 3. The maximum Gasteiger partial charge on any atom is 0.127 e. The Morgan fingerprint density at radius 3 is 2.87 bits per heavy atom. The second-order valence-corrected chi connectivity index (χ2v) is 4.92. The lowest BCUT2D eigenvalue weighted by atomic mass is 10.2. The van der Waals surface area contributed by atoms with E-state index in [9.17, 15) is 4.39 Å². The Kier molecular flexibility index (Phi) is 3.36. The molecule has 1 fully saturated rings. The molecule has 0 aromatic heterocycles. The second-order valence-electron chi connectivity index (χ2n) is 3.70. The fourth-order valence-electron chi connectivity index (χ4n) is 1.78. The lowest BCUT2D eigenvalue weighted by molar-refractivity contribution is 0.627. The van der Waals surface area contributed by atoms with Crippen molar-refractivity contribution in [3.05, 3.63) is 24.0 Å².